The van der Waals surface area contributed by atoms with Crippen molar-refractivity contribution < 1.29 is 19.7 Å². The lowest BCUT2D eigenvalue weighted by atomic mass is 9.77. The predicted molar refractivity (Wildman–Crippen MR) is 136 cm³/mol. The average molecular weight is 461 g/mol. The first kappa shape index (κ1) is 22.9. The molecule has 1 heterocycles. The Balaban J connectivity index is 1.83. The molecule has 1 atom stereocenters. The van der Waals surface area contributed by atoms with Crippen molar-refractivity contribution in [3.8, 4) is 17.2 Å². The zero-order chi connectivity index (χ0) is 23.8. The van der Waals surface area contributed by atoms with Crippen LogP contribution in [0.25, 0.3) is 21.7 Å². The number of aromatic hydroxyl groups is 1. The van der Waals surface area contributed by atoms with E-state index in [4.69, 9.17) is 9.84 Å². The highest BCUT2D eigenvalue weighted by molar-refractivity contribution is 7.20. The molecule has 2 aromatic carbocycles. The molecule has 170 valence electrons. The Morgan fingerprint density at radius 1 is 1.15 bits per heavy atom. The minimum Gasteiger partial charge on any atom is -0.508 e. The van der Waals surface area contributed by atoms with E-state index >= 15 is 0 Å². The van der Waals surface area contributed by atoms with Crippen molar-refractivity contribution in [1.82, 2.24) is 0 Å². The summed E-state index contributed by atoms with van der Waals surface area (Å²) < 4.78 is 7.44. The van der Waals surface area contributed by atoms with Crippen molar-refractivity contribution >= 4 is 39.0 Å². The predicted octanol–water partition coefficient (Wildman–Crippen LogP) is 7.89. The zero-order valence-corrected chi connectivity index (χ0v) is 20.1. The summed E-state index contributed by atoms with van der Waals surface area (Å²) in [7, 11) is 0. The Morgan fingerprint density at radius 3 is 2.55 bits per heavy atom. The van der Waals surface area contributed by atoms with E-state index in [1.807, 2.05) is 30.3 Å². The van der Waals surface area contributed by atoms with E-state index in [-0.39, 0.29) is 11.2 Å². The summed E-state index contributed by atoms with van der Waals surface area (Å²) in [5, 5.41) is 19.9. The Kier molecular flexibility index (Phi) is 6.17. The molecule has 0 saturated heterocycles. The molecular formula is C28H28O4S. The maximum absolute atomic E-state index is 10.8. The normalized spacial score (nSPS) is 16.7. The second-order valence-electron chi connectivity index (χ2n) is 9.47. The number of carboxylic acids is 1. The number of fused-ring (bicyclic) bond motifs is 1. The fraction of sp³-hybridized carbons (Fsp3) is 0.250. The van der Waals surface area contributed by atoms with Gasteiger partial charge in [0.15, 0.2) is 5.75 Å². The summed E-state index contributed by atoms with van der Waals surface area (Å²) in [5.74, 6) is 1.15. The lowest BCUT2D eigenvalue weighted by Crippen LogP contribution is -2.14. The van der Waals surface area contributed by atoms with E-state index in [9.17, 15) is 9.90 Å². The molecule has 4 nitrogen and oxygen atoms in total. The molecule has 1 aliphatic carbocycles. The van der Waals surface area contributed by atoms with Crippen LogP contribution in [-0.2, 0) is 4.79 Å². The number of rotatable bonds is 5. The fourth-order valence-electron chi connectivity index (χ4n) is 4.07. The van der Waals surface area contributed by atoms with Gasteiger partial charge in [0.2, 0.25) is 0 Å². The van der Waals surface area contributed by atoms with Crippen molar-refractivity contribution in [2.45, 2.75) is 34.1 Å². The van der Waals surface area contributed by atoms with Crippen LogP contribution in [-0.4, -0.2) is 16.2 Å². The third-order valence-corrected chi connectivity index (χ3v) is 6.86. The lowest BCUT2D eigenvalue weighted by molar-refractivity contribution is -0.131. The maximum Gasteiger partial charge on any atom is 0.328 e. The minimum absolute atomic E-state index is 0.0142. The quantitative estimate of drug-likeness (QED) is 0.380. The summed E-state index contributed by atoms with van der Waals surface area (Å²) >= 11 is 1.65. The first-order valence-corrected chi connectivity index (χ1v) is 11.8. The van der Waals surface area contributed by atoms with Gasteiger partial charge in [-0.2, -0.15) is 0 Å². The second kappa shape index (κ2) is 8.91. The van der Waals surface area contributed by atoms with Gasteiger partial charge in [0.25, 0.3) is 0 Å². The lowest BCUT2D eigenvalue weighted by Gasteiger charge is -2.29. The summed E-state index contributed by atoms with van der Waals surface area (Å²) in [6.07, 6.45) is 8.12. The first-order chi connectivity index (χ1) is 15.6. The molecule has 0 aliphatic heterocycles. The SMILES string of the molecule is CC1C=CC(C(C)(C)C)=C(c2sc3cc(O)ccc3c2Oc2ccc(/C=C/C(=O)O)cc2)C1. The molecule has 0 saturated carbocycles. The number of phenols is 1. The van der Waals surface area contributed by atoms with Gasteiger partial charge in [0, 0.05) is 16.2 Å². The number of aliphatic carboxylic acids is 1. The van der Waals surface area contributed by atoms with Gasteiger partial charge in [-0.25, -0.2) is 4.79 Å². The van der Waals surface area contributed by atoms with Gasteiger partial charge >= 0.3 is 5.97 Å². The van der Waals surface area contributed by atoms with E-state index in [0.717, 1.165) is 38.8 Å². The largest absolute Gasteiger partial charge is 0.508 e. The van der Waals surface area contributed by atoms with E-state index < -0.39 is 5.97 Å². The van der Waals surface area contributed by atoms with Gasteiger partial charge < -0.3 is 14.9 Å². The Morgan fingerprint density at radius 2 is 1.88 bits per heavy atom. The molecule has 5 heteroatoms. The monoisotopic (exact) mass is 460 g/mol. The average Bonchev–Trinajstić information content (AvgIpc) is 3.09. The molecule has 1 unspecified atom stereocenters. The summed E-state index contributed by atoms with van der Waals surface area (Å²) in [6, 6.07) is 12.7. The summed E-state index contributed by atoms with van der Waals surface area (Å²) in [6.45, 7) is 8.90. The number of carbonyl (C=O) groups is 1. The van der Waals surface area contributed by atoms with Gasteiger partial charge in [-0.05, 0) is 70.9 Å². The molecule has 0 amide bonds. The van der Waals surface area contributed by atoms with Crippen molar-refractivity contribution in [3.63, 3.8) is 0 Å². The molecule has 33 heavy (non-hydrogen) atoms. The van der Waals surface area contributed by atoms with Crippen LogP contribution in [0.5, 0.6) is 17.2 Å². The van der Waals surface area contributed by atoms with Crippen LogP contribution in [0.1, 0.15) is 44.6 Å². The van der Waals surface area contributed by atoms with Crippen molar-refractivity contribution in [3.05, 3.63) is 76.7 Å². The second-order valence-corrected chi connectivity index (χ2v) is 10.5. The molecule has 2 N–H and O–H groups in total. The number of ether oxygens (including phenoxy) is 1. The summed E-state index contributed by atoms with van der Waals surface area (Å²) in [4.78, 5) is 11.9. The van der Waals surface area contributed by atoms with Gasteiger partial charge in [0.1, 0.15) is 11.5 Å². The minimum atomic E-state index is -0.980. The topological polar surface area (TPSA) is 66.8 Å². The third kappa shape index (κ3) is 5.04. The highest BCUT2D eigenvalue weighted by Crippen LogP contribution is 2.50. The fourth-order valence-corrected chi connectivity index (χ4v) is 5.30. The summed E-state index contributed by atoms with van der Waals surface area (Å²) in [5.41, 5.74) is 3.36. The van der Waals surface area contributed by atoms with Gasteiger partial charge in [0.05, 0.1) is 4.88 Å². The van der Waals surface area contributed by atoms with E-state index in [0.29, 0.717) is 11.7 Å². The number of thiophene rings is 1. The van der Waals surface area contributed by atoms with E-state index in [1.54, 1.807) is 29.5 Å². The zero-order valence-electron chi connectivity index (χ0n) is 19.3. The molecule has 0 bridgehead atoms. The number of benzene rings is 2. The molecule has 4 rings (SSSR count). The van der Waals surface area contributed by atoms with Crippen LogP contribution >= 0.6 is 11.3 Å². The molecular weight excluding hydrogens is 432 g/mol. The van der Waals surface area contributed by atoms with Crippen LogP contribution in [0.2, 0.25) is 0 Å². The van der Waals surface area contributed by atoms with Crippen molar-refractivity contribution in [1.29, 1.82) is 0 Å². The van der Waals surface area contributed by atoms with Crippen LogP contribution in [0, 0.1) is 11.3 Å². The van der Waals surface area contributed by atoms with Crippen molar-refractivity contribution in [2.75, 3.05) is 0 Å². The third-order valence-electron chi connectivity index (χ3n) is 5.67. The van der Waals surface area contributed by atoms with Crippen LogP contribution in [0.4, 0.5) is 0 Å². The smallest absolute Gasteiger partial charge is 0.328 e. The highest BCUT2D eigenvalue weighted by Gasteiger charge is 2.28. The molecule has 1 aromatic heterocycles. The van der Waals surface area contributed by atoms with Crippen molar-refractivity contribution in [2.24, 2.45) is 11.3 Å². The van der Waals surface area contributed by atoms with Gasteiger partial charge in [-0.1, -0.05) is 52.0 Å². The molecule has 1 aliphatic rings. The van der Waals surface area contributed by atoms with Gasteiger partial charge in [-0.15, -0.1) is 11.3 Å². The molecule has 0 radical (unpaired) electrons. The van der Waals surface area contributed by atoms with E-state index in [1.165, 1.54) is 11.1 Å². The van der Waals surface area contributed by atoms with Crippen LogP contribution < -0.4 is 4.74 Å². The number of allylic oxidation sites excluding steroid dienone is 4. The first-order valence-electron chi connectivity index (χ1n) is 11.0. The Hall–Kier alpha value is -3.31. The number of phenolic OH excluding ortho intramolecular Hbond substituents is 1. The van der Waals surface area contributed by atoms with Crippen LogP contribution in [0.3, 0.4) is 0 Å². The Bertz CT molecular complexity index is 1280. The number of carboxylic acid groups (broad SMARTS) is 1. The van der Waals surface area contributed by atoms with Gasteiger partial charge in [-0.3, -0.25) is 0 Å². The molecule has 0 fully saturated rings. The molecule has 0 spiro atoms. The van der Waals surface area contributed by atoms with Crippen LogP contribution in [0.15, 0.2) is 66.3 Å². The Labute approximate surface area is 198 Å². The van der Waals surface area contributed by atoms with E-state index in [2.05, 4.69) is 39.8 Å². The maximum atomic E-state index is 10.8. The molecule has 3 aromatic rings. The highest BCUT2D eigenvalue weighted by atomic mass is 32.1. The number of hydrogen-bond donors (Lipinski definition) is 2. The standard InChI is InChI=1S/C28H28O4S/c1-17-5-13-23(28(2,3)4)22(15-17)27-26(21-12-9-19(29)16-24(21)33-27)32-20-10-6-18(7-11-20)8-14-25(30)31/h5-14,16-17,29H,15H2,1-4H3,(H,30,31)/b14-8+. The number of hydrogen-bond acceptors (Lipinski definition) is 4.